The van der Waals surface area contributed by atoms with Crippen LogP contribution >= 0.6 is 23.1 Å². The Labute approximate surface area is 107 Å². The zero-order valence-corrected chi connectivity index (χ0v) is 12.3. The van der Waals surface area contributed by atoms with Gasteiger partial charge < -0.3 is 5.32 Å². The molecule has 1 rings (SSSR count). The smallest absolute Gasteiger partial charge is 0.0897 e. The molecule has 0 radical (unpaired) electrons. The van der Waals surface area contributed by atoms with Crippen molar-refractivity contribution in [2.45, 2.75) is 33.2 Å². The summed E-state index contributed by atoms with van der Waals surface area (Å²) in [4.78, 5) is 4.51. The van der Waals surface area contributed by atoms with Crippen LogP contribution in [0, 0.1) is 12.8 Å². The van der Waals surface area contributed by atoms with Gasteiger partial charge in [0.2, 0.25) is 0 Å². The molecule has 1 aromatic heterocycles. The van der Waals surface area contributed by atoms with Gasteiger partial charge in [-0.3, -0.25) is 0 Å². The minimum atomic E-state index is 0.547. The second-order valence-electron chi connectivity index (χ2n) is 4.48. The Morgan fingerprint density at radius 2 is 2.19 bits per heavy atom. The summed E-state index contributed by atoms with van der Waals surface area (Å²) < 4.78 is 0. The van der Waals surface area contributed by atoms with Crippen molar-refractivity contribution in [1.82, 2.24) is 10.3 Å². The SMILES string of the molecule is CNC(CSCC(C)C)Cc1csc(C)n1. The molecule has 0 aliphatic heterocycles. The molecule has 16 heavy (non-hydrogen) atoms. The molecular weight excluding hydrogens is 236 g/mol. The van der Waals surface area contributed by atoms with E-state index in [0.29, 0.717) is 6.04 Å². The fourth-order valence-corrected chi connectivity index (χ4v) is 3.25. The average Bonchev–Trinajstić information content (AvgIpc) is 2.62. The van der Waals surface area contributed by atoms with E-state index in [4.69, 9.17) is 0 Å². The highest BCUT2D eigenvalue weighted by Crippen LogP contribution is 2.14. The van der Waals surface area contributed by atoms with Gasteiger partial charge in [0.15, 0.2) is 0 Å². The van der Waals surface area contributed by atoms with Crippen molar-refractivity contribution in [1.29, 1.82) is 0 Å². The number of aromatic nitrogens is 1. The van der Waals surface area contributed by atoms with E-state index in [1.807, 2.05) is 18.8 Å². The zero-order valence-electron chi connectivity index (χ0n) is 10.6. The molecule has 0 bridgehead atoms. The van der Waals surface area contributed by atoms with Crippen LogP contribution < -0.4 is 5.32 Å². The Hall–Kier alpha value is -0.0600. The molecule has 1 atom stereocenters. The van der Waals surface area contributed by atoms with Crippen LogP contribution in [0.1, 0.15) is 24.5 Å². The van der Waals surface area contributed by atoms with Gasteiger partial charge in [-0.15, -0.1) is 11.3 Å². The van der Waals surface area contributed by atoms with Crippen molar-refractivity contribution in [3.63, 3.8) is 0 Å². The second-order valence-corrected chi connectivity index (χ2v) is 6.62. The third kappa shape index (κ3) is 5.32. The summed E-state index contributed by atoms with van der Waals surface area (Å²) in [5, 5.41) is 6.72. The van der Waals surface area contributed by atoms with Crippen molar-refractivity contribution in [2.24, 2.45) is 5.92 Å². The molecule has 92 valence electrons. The van der Waals surface area contributed by atoms with Crippen molar-refractivity contribution < 1.29 is 0 Å². The summed E-state index contributed by atoms with van der Waals surface area (Å²) in [5.41, 5.74) is 1.23. The molecule has 1 aromatic rings. The van der Waals surface area contributed by atoms with Gasteiger partial charge in [-0.25, -0.2) is 4.98 Å². The number of rotatable bonds is 7. The van der Waals surface area contributed by atoms with Crippen LogP contribution in [0.25, 0.3) is 0 Å². The fourth-order valence-electron chi connectivity index (χ4n) is 1.44. The highest BCUT2D eigenvalue weighted by Gasteiger charge is 2.09. The molecule has 0 aromatic carbocycles. The monoisotopic (exact) mass is 258 g/mol. The number of nitrogens with zero attached hydrogens (tertiary/aromatic N) is 1. The van der Waals surface area contributed by atoms with E-state index < -0.39 is 0 Å². The molecule has 0 amide bonds. The van der Waals surface area contributed by atoms with Crippen LogP contribution in [0.5, 0.6) is 0 Å². The Bertz CT molecular complexity index is 297. The first-order valence-electron chi connectivity index (χ1n) is 5.77. The molecule has 4 heteroatoms. The molecule has 0 saturated heterocycles. The number of aryl methyl sites for hydroxylation is 1. The number of hydrogen-bond acceptors (Lipinski definition) is 4. The quantitative estimate of drug-likeness (QED) is 0.814. The van der Waals surface area contributed by atoms with Crippen LogP contribution in [-0.2, 0) is 6.42 Å². The first-order chi connectivity index (χ1) is 7.61. The van der Waals surface area contributed by atoms with Crippen LogP contribution in [0.15, 0.2) is 5.38 Å². The molecule has 1 N–H and O–H groups in total. The Morgan fingerprint density at radius 1 is 1.44 bits per heavy atom. The Kier molecular flexibility index (Phi) is 6.39. The van der Waals surface area contributed by atoms with Gasteiger partial charge >= 0.3 is 0 Å². The highest BCUT2D eigenvalue weighted by molar-refractivity contribution is 7.99. The fraction of sp³-hybridized carbons (Fsp3) is 0.750. The zero-order chi connectivity index (χ0) is 12.0. The van der Waals surface area contributed by atoms with Gasteiger partial charge in [0.1, 0.15) is 0 Å². The number of thiazole rings is 1. The van der Waals surface area contributed by atoms with E-state index in [9.17, 15) is 0 Å². The Morgan fingerprint density at radius 3 is 2.69 bits per heavy atom. The maximum atomic E-state index is 4.51. The normalized spacial score (nSPS) is 13.3. The van der Waals surface area contributed by atoms with Crippen molar-refractivity contribution >= 4 is 23.1 Å². The van der Waals surface area contributed by atoms with E-state index in [2.05, 4.69) is 36.5 Å². The van der Waals surface area contributed by atoms with Crippen LogP contribution in [-0.4, -0.2) is 29.6 Å². The van der Waals surface area contributed by atoms with Gasteiger partial charge in [0.25, 0.3) is 0 Å². The number of hydrogen-bond donors (Lipinski definition) is 1. The highest BCUT2D eigenvalue weighted by atomic mass is 32.2. The lowest BCUT2D eigenvalue weighted by atomic mass is 10.2. The minimum absolute atomic E-state index is 0.547. The van der Waals surface area contributed by atoms with Gasteiger partial charge in [-0.1, -0.05) is 13.8 Å². The van der Waals surface area contributed by atoms with E-state index in [0.717, 1.165) is 12.3 Å². The van der Waals surface area contributed by atoms with Crippen molar-refractivity contribution in [3.05, 3.63) is 16.1 Å². The van der Waals surface area contributed by atoms with Gasteiger partial charge in [-0.05, 0) is 25.6 Å². The summed E-state index contributed by atoms with van der Waals surface area (Å²) in [7, 11) is 2.04. The number of nitrogens with one attached hydrogen (secondary N) is 1. The lowest BCUT2D eigenvalue weighted by Crippen LogP contribution is -2.30. The van der Waals surface area contributed by atoms with E-state index in [1.165, 1.54) is 22.2 Å². The van der Waals surface area contributed by atoms with Gasteiger partial charge in [0.05, 0.1) is 10.7 Å². The summed E-state index contributed by atoms with van der Waals surface area (Å²) in [6, 6.07) is 0.547. The van der Waals surface area contributed by atoms with Crippen LogP contribution in [0.2, 0.25) is 0 Å². The molecule has 1 heterocycles. The summed E-state index contributed by atoms with van der Waals surface area (Å²) >= 11 is 3.77. The summed E-state index contributed by atoms with van der Waals surface area (Å²) in [6.07, 6.45) is 1.05. The third-order valence-electron chi connectivity index (χ3n) is 2.30. The summed E-state index contributed by atoms with van der Waals surface area (Å²) in [5.74, 6) is 3.20. The first-order valence-corrected chi connectivity index (χ1v) is 7.81. The molecule has 0 aliphatic rings. The molecule has 1 unspecified atom stereocenters. The topological polar surface area (TPSA) is 24.9 Å². The lowest BCUT2D eigenvalue weighted by molar-refractivity contribution is 0.609. The molecule has 0 fully saturated rings. The van der Waals surface area contributed by atoms with E-state index in [-0.39, 0.29) is 0 Å². The van der Waals surface area contributed by atoms with Crippen LogP contribution in [0.4, 0.5) is 0 Å². The molecule has 0 aliphatic carbocycles. The average molecular weight is 258 g/mol. The first kappa shape index (κ1) is 14.0. The van der Waals surface area contributed by atoms with Gasteiger partial charge in [0, 0.05) is 23.6 Å². The molecular formula is C12H22N2S2. The largest absolute Gasteiger partial charge is 0.316 e. The maximum Gasteiger partial charge on any atom is 0.0897 e. The van der Waals surface area contributed by atoms with E-state index in [1.54, 1.807) is 11.3 Å². The third-order valence-corrected chi connectivity index (χ3v) is 4.66. The molecule has 0 saturated carbocycles. The number of thioether (sulfide) groups is 1. The lowest BCUT2D eigenvalue weighted by Gasteiger charge is -2.15. The summed E-state index contributed by atoms with van der Waals surface area (Å²) in [6.45, 7) is 6.60. The molecule has 2 nitrogen and oxygen atoms in total. The van der Waals surface area contributed by atoms with Crippen molar-refractivity contribution in [3.8, 4) is 0 Å². The predicted molar refractivity (Wildman–Crippen MR) is 75.6 cm³/mol. The maximum absolute atomic E-state index is 4.51. The predicted octanol–water partition coefficient (Wildman–Crippen LogP) is 2.97. The van der Waals surface area contributed by atoms with Gasteiger partial charge in [-0.2, -0.15) is 11.8 Å². The minimum Gasteiger partial charge on any atom is -0.316 e. The Balaban J connectivity index is 2.31. The van der Waals surface area contributed by atoms with Crippen LogP contribution in [0.3, 0.4) is 0 Å². The number of likely N-dealkylation sites (N-methyl/N-ethyl adjacent to an activating group) is 1. The van der Waals surface area contributed by atoms with E-state index >= 15 is 0 Å². The van der Waals surface area contributed by atoms with Crippen molar-refractivity contribution in [2.75, 3.05) is 18.6 Å². The standard InChI is InChI=1S/C12H22N2S2/c1-9(2)6-15-7-11(13-4)5-12-8-16-10(3)14-12/h8-9,11,13H,5-7H2,1-4H3. The second kappa shape index (κ2) is 7.30. The molecule has 0 spiro atoms.